The summed E-state index contributed by atoms with van der Waals surface area (Å²) in [6.07, 6.45) is 0.539. The predicted molar refractivity (Wildman–Crippen MR) is 109 cm³/mol. The first-order chi connectivity index (χ1) is 13.5. The van der Waals surface area contributed by atoms with Gasteiger partial charge in [-0.05, 0) is 29.7 Å². The van der Waals surface area contributed by atoms with Crippen LogP contribution in [0.4, 0.5) is 0 Å². The second-order valence-corrected chi connectivity index (χ2v) is 8.01. The van der Waals surface area contributed by atoms with Crippen molar-refractivity contribution >= 4 is 10.0 Å². The van der Waals surface area contributed by atoms with Crippen molar-refractivity contribution < 1.29 is 17.9 Å². The molecule has 146 valence electrons. The monoisotopic (exact) mass is 397 g/mol. The summed E-state index contributed by atoms with van der Waals surface area (Å²) in [7, 11) is -0.785. The fourth-order valence-electron chi connectivity index (χ4n) is 3.00. The lowest BCUT2D eigenvalue weighted by molar-refractivity contribution is 0.354. The van der Waals surface area contributed by atoms with Gasteiger partial charge < -0.3 is 9.47 Å². The van der Waals surface area contributed by atoms with Crippen LogP contribution in [0.5, 0.6) is 11.5 Å². The first-order valence-corrected chi connectivity index (χ1v) is 10.3. The molecule has 1 N–H and O–H groups in total. The van der Waals surface area contributed by atoms with E-state index in [0.717, 1.165) is 11.1 Å². The molecule has 0 aliphatic rings. The molecule has 0 saturated carbocycles. The number of rotatable bonds is 8. The predicted octanol–water partition coefficient (Wildman–Crippen LogP) is 3.97. The Morgan fingerprint density at radius 2 is 1.43 bits per heavy atom. The van der Waals surface area contributed by atoms with E-state index in [-0.39, 0.29) is 4.90 Å². The minimum absolute atomic E-state index is 0.124. The molecule has 0 aliphatic carbocycles. The summed E-state index contributed by atoms with van der Waals surface area (Å²) in [5.41, 5.74) is 1.95. The maximum absolute atomic E-state index is 13.1. The molecular formula is C22H23NO4S. The van der Waals surface area contributed by atoms with Crippen LogP contribution in [0.1, 0.15) is 17.2 Å². The van der Waals surface area contributed by atoms with Crippen molar-refractivity contribution in [2.75, 3.05) is 14.2 Å². The third-order valence-corrected chi connectivity index (χ3v) is 5.92. The second kappa shape index (κ2) is 8.91. The SMILES string of the molecule is COc1ccc(S(=O)(=O)N[C@@H](Cc2ccccc2)c2ccccc2)cc1OC. The van der Waals surface area contributed by atoms with Gasteiger partial charge in [-0.2, -0.15) is 0 Å². The first kappa shape index (κ1) is 19.9. The van der Waals surface area contributed by atoms with Crippen LogP contribution in [-0.2, 0) is 16.4 Å². The average Bonchev–Trinajstić information content (AvgIpc) is 2.74. The van der Waals surface area contributed by atoms with Crippen LogP contribution in [0.2, 0.25) is 0 Å². The maximum Gasteiger partial charge on any atom is 0.241 e. The molecule has 5 nitrogen and oxygen atoms in total. The second-order valence-electron chi connectivity index (χ2n) is 6.29. The molecule has 3 rings (SSSR count). The normalized spacial score (nSPS) is 12.4. The number of hydrogen-bond donors (Lipinski definition) is 1. The summed E-state index contributed by atoms with van der Waals surface area (Å²) in [6.45, 7) is 0. The van der Waals surface area contributed by atoms with Crippen LogP contribution in [0.15, 0.2) is 83.8 Å². The molecule has 0 bridgehead atoms. The molecule has 0 aromatic heterocycles. The number of nitrogens with one attached hydrogen (secondary N) is 1. The van der Waals surface area contributed by atoms with Gasteiger partial charge in [-0.15, -0.1) is 0 Å². The summed E-state index contributed by atoms with van der Waals surface area (Å²) < 4.78 is 39.4. The van der Waals surface area contributed by atoms with E-state index in [1.807, 2.05) is 60.7 Å². The summed E-state index contributed by atoms with van der Waals surface area (Å²) in [5, 5.41) is 0. The number of methoxy groups -OCH3 is 2. The van der Waals surface area contributed by atoms with E-state index in [9.17, 15) is 8.42 Å². The number of ether oxygens (including phenoxy) is 2. The van der Waals surface area contributed by atoms with E-state index in [1.54, 1.807) is 6.07 Å². The molecule has 0 aliphatic heterocycles. The Kier molecular flexibility index (Phi) is 6.34. The zero-order chi connectivity index (χ0) is 20.0. The minimum Gasteiger partial charge on any atom is -0.493 e. The topological polar surface area (TPSA) is 64.6 Å². The van der Waals surface area contributed by atoms with Gasteiger partial charge in [0, 0.05) is 6.07 Å². The van der Waals surface area contributed by atoms with Crippen LogP contribution in [0.3, 0.4) is 0 Å². The molecular weight excluding hydrogens is 374 g/mol. The van der Waals surface area contributed by atoms with Crippen molar-refractivity contribution in [2.45, 2.75) is 17.4 Å². The summed E-state index contributed by atoms with van der Waals surface area (Å²) in [6, 6.07) is 23.5. The van der Waals surface area contributed by atoms with Crippen molar-refractivity contribution in [3.05, 3.63) is 90.0 Å². The molecule has 0 saturated heterocycles. The van der Waals surface area contributed by atoms with Gasteiger partial charge >= 0.3 is 0 Å². The van der Waals surface area contributed by atoms with Gasteiger partial charge in [0.15, 0.2) is 11.5 Å². The quantitative estimate of drug-likeness (QED) is 0.625. The molecule has 6 heteroatoms. The van der Waals surface area contributed by atoms with Gasteiger partial charge in [-0.1, -0.05) is 60.7 Å². The van der Waals surface area contributed by atoms with E-state index in [4.69, 9.17) is 9.47 Å². The van der Waals surface area contributed by atoms with E-state index < -0.39 is 16.1 Å². The molecule has 0 unspecified atom stereocenters. The standard InChI is InChI=1S/C22H23NO4S/c1-26-21-14-13-19(16-22(21)27-2)28(24,25)23-20(18-11-7-4-8-12-18)15-17-9-5-3-6-10-17/h3-14,16,20,23H,15H2,1-2H3/t20-/m0/s1. The molecule has 3 aromatic carbocycles. The molecule has 0 heterocycles. The molecule has 28 heavy (non-hydrogen) atoms. The van der Waals surface area contributed by atoms with Gasteiger partial charge in [0.25, 0.3) is 0 Å². The zero-order valence-corrected chi connectivity index (χ0v) is 16.6. The Morgan fingerprint density at radius 1 is 0.821 bits per heavy atom. The lowest BCUT2D eigenvalue weighted by atomic mass is 10.00. The van der Waals surface area contributed by atoms with Gasteiger partial charge in [-0.3, -0.25) is 0 Å². The third-order valence-electron chi connectivity index (χ3n) is 4.45. The van der Waals surface area contributed by atoms with E-state index in [1.165, 1.54) is 26.4 Å². The third kappa shape index (κ3) is 4.71. The first-order valence-electron chi connectivity index (χ1n) is 8.86. The zero-order valence-electron chi connectivity index (χ0n) is 15.8. The van der Waals surface area contributed by atoms with Crippen LogP contribution in [0, 0.1) is 0 Å². The van der Waals surface area contributed by atoms with Crippen LogP contribution < -0.4 is 14.2 Å². The van der Waals surface area contributed by atoms with Crippen LogP contribution >= 0.6 is 0 Å². The summed E-state index contributed by atoms with van der Waals surface area (Å²) in [4.78, 5) is 0.124. The van der Waals surface area contributed by atoms with Crippen molar-refractivity contribution in [2.24, 2.45) is 0 Å². The highest BCUT2D eigenvalue weighted by atomic mass is 32.2. The van der Waals surface area contributed by atoms with Crippen molar-refractivity contribution in [1.82, 2.24) is 4.72 Å². The minimum atomic E-state index is -3.77. The Balaban J connectivity index is 1.93. The van der Waals surface area contributed by atoms with Crippen molar-refractivity contribution in [3.63, 3.8) is 0 Å². The molecule has 0 spiro atoms. The van der Waals surface area contributed by atoms with Crippen LogP contribution in [-0.4, -0.2) is 22.6 Å². The Labute approximate surface area is 166 Å². The van der Waals surface area contributed by atoms with Crippen molar-refractivity contribution in [1.29, 1.82) is 0 Å². The van der Waals surface area contributed by atoms with E-state index in [0.29, 0.717) is 17.9 Å². The molecule has 3 aromatic rings. The van der Waals surface area contributed by atoms with Crippen LogP contribution in [0.25, 0.3) is 0 Å². The smallest absolute Gasteiger partial charge is 0.241 e. The molecule has 0 fully saturated rings. The van der Waals surface area contributed by atoms with Gasteiger partial charge in [0.1, 0.15) is 0 Å². The van der Waals surface area contributed by atoms with Gasteiger partial charge in [-0.25, -0.2) is 13.1 Å². The highest BCUT2D eigenvalue weighted by Crippen LogP contribution is 2.30. The fraction of sp³-hybridized carbons (Fsp3) is 0.182. The molecule has 1 atom stereocenters. The largest absolute Gasteiger partial charge is 0.493 e. The highest BCUT2D eigenvalue weighted by molar-refractivity contribution is 7.89. The maximum atomic E-state index is 13.1. The van der Waals surface area contributed by atoms with Crippen molar-refractivity contribution in [3.8, 4) is 11.5 Å². The summed E-state index contributed by atoms with van der Waals surface area (Å²) >= 11 is 0. The highest BCUT2D eigenvalue weighted by Gasteiger charge is 2.23. The number of sulfonamides is 1. The van der Waals surface area contributed by atoms with Gasteiger partial charge in [0.2, 0.25) is 10.0 Å². The van der Waals surface area contributed by atoms with E-state index >= 15 is 0 Å². The van der Waals surface area contributed by atoms with Gasteiger partial charge in [0.05, 0.1) is 25.2 Å². The van der Waals surface area contributed by atoms with E-state index in [2.05, 4.69) is 4.72 Å². The lowest BCUT2D eigenvalue weighted by Crippen LogP contribution is -2.30. The number of benzene rings is 3. The molecule has 0 amide bonds. The summed E-state index contributed by atoms with van der Waals surface area (Å²) in [5.74, 6) is 0.843. The Morgan fingerprint density at radius 3 is 2.04 bits per heavy atom. The lowest BCUT2D eigenvalue weighted by Gasteiger charge is -2.20. The Hall–Kier alpha value is -2.83. The fourth-order valence-corrected chi connectivity index (χ4v) is 4.24. The number of hydrogen-bond acceptors (Lipinski definition) is 4. The Bertz CT molecular complexity index is 1010. The molecule has 0 radical (unpaired) electrons. The average molecular weight is 397 g/mol.